The van der Waals surface area contributed by atoms with Crippen molar-refractivity contribution in [3.63, 3.8) is 0 Å². The topological polar surface area (TPSA) is 38.3 Å². The molecular formula is C21H12ClF4NO2. The Balaban J connectivity index is 1.86. The predicted octanol–water partition coefficient (Wildman–Crippen LogP) is 6.82. The Hall–Kier alpha value is -3.06. The van der Waals surface area contributed by atoms with Crippen molar-refractivity contribution in [1.82, 2.24) is 0 Å². The van der Waals surface area contributed by atoms with Crippen LogP contribution in [-0.4, -0.2) is 6.09 Å². The van der Waals surface area contributed by atoms with Gasteiger partial charge >= 0.3 is 12.3 Å². The lowest BCUT2D eigenvalue weighted by molar-refractivity contribution is -0.137. The molecule has 1 N–H and O–H groups in total. The van der Waals surface area contributed by atoms with E-state index in [0.29, 0.717) is 22.4 Å². The van der Waals surface area contributed by atoms with Crippen LogP contribution in [0.4, 0.5) is 28.0 Å². The number of rotatable bonds is 2. The quantitative estimate of drug-likeness (QED) is 0.461. The number of anilines is 1. The average molecular weight is 422 g/mol. The van der Waals surface area contributed by atoms with Crippen LogP contribution < -0.4 is 5.32 Å². The maximum absolute atomic E-state index is 13.3. The van der Waals surface area contributed by atoms with E-state index in [-0.39, 0.29) is 10.6 Å². The van der Waals surface area contributed by atoms with Gasteiger partial charge < -0.3 is 4.74 Å². The Morgan fingerprint density at radius 1 is 1.00 bits per heavy atom. The molecule has 1 heterocycles. The highest BCUT2D eigenvalue weighted by molar-refractivity contribution is 6.34. The van der Waals surface area contributed by atoms with Crippen LogP contribution in [0.2, 0.25) is 5.02 Å². The third kappa shape index (κ3) is 3.65. The minimum atomic E-state index is -4.50. The first kappa shape index (κ1) is 19.3. The Labute approximate surface area is 167 Å². The van der Waals surface area contributed by atoms with Gasteiger partial charge in [0.1, 0.15) is 5.82 Å². The summed E-state index contributed by atoms with van der Waals surface area (Å²) in [5.41, 5.74) is 1.05. The zero-order valence-electron chi connectivity index (χ0n) is 14.6. The van der Waals surface area contributed by atoms with Crippen LogP contribution in [0.1, 0.15) is 22.8 Å². The maximum Gasteiger partial charge on any atom is 0.416 e. The summed E-state index contributed by atoms with van der Waals surface area (Å²) in [6, 6.07) is 13.2. The summed E-state index contributed by atoms with van der Waals surface area (Å²) >= 11 is 6.56. The molecule has 8 heteroatoms. The molecule has 1 unspecified atom stereocenters. The van der Waals surface area contributed by atoms with E-state index in [2.05, 4.69) is 5.32 Å². The Bertz CT molecular complexity index is 1100. The fourth-order valence-electron chi connectivity index (χ4n) is 3.22. The van der Waals surface area contributed by atoms with Gasteiger partial charge in [-0.1, -0.05) is 41.9 Å². The summed E-state index contributed by atoms with van der Waals surface area (Å²) in [5.74, 6) is -0.460. The van der Waals surface area contributed by atoms with E-state index in [9.17, 15) is 22.4 Å². The molecule has 0 saturated carbocycles. The molecule has 0 saturated heterocycles. The predicted molar refractivity (Wildman–Crippen MR) is 100 cm³/mol. The van der Waals surface area contributed by atoms with Crippen LogP contribution in [0.25, 0.3) is 11.1 Å². The number of ether oxygens (including phenoxy) is 1. The minimum Gasteiger partial charge on any atom is -0.436 e. The highest BCUT2D eigenvalue weighted by Crippen LogP contribution is 2.45. The fraction of sp³-hybridized carbons (Fsp3) is 0.0952. The van der Waals surface area contributed by atoms with Gasteiger partial charge in [0, 0.05) is 11.1 Å². The van der Waals surface area contributed by atoms with Crippen molar-refractivity contribution in [3.05, 3.63) is 88.2 Å². The first-order chi connectivity index (χ1) is 13.7. The second-order valence-corrected chi connectivity index (χ2v) is 6.81. The van der Waals surface area contributed by atoms with E-state index in [1.165, 1.54) is 42.5 Å². The SMILES string of the molecule is O=C1Nc2ccc(-c3cccc(C(F)(F)F)c3)c(Cl)c2C(c2ccc(F)cc2)O1. The number of carbonyl (C=O) groups excluding carboxylic acids is 1. The molecule has 0 radical (unpaired) electrons. The zero-order chi connectivity index (χ0) is 20.8. The monoisotopic (exact) mass is 421 g/mol. The van der Waals surface area contributed by atoms with Crippen molar-refractivity contribution in [2.24, 2.45) is 0 Å². The van der Waals surface area contributed by atoms with Crippen molar-refractivity contribution in [3.8, 4) is 11.1 Å². The van der Waals surface area contributed by atoms with E-state index in [1.54, 1.807) is 6.07 Å². The van der Waals surface area contributed by atoms with E-state index in [1.807, 2.05) is 0 Å². The molecule has 3 nitrogen and oxygen atoms in total. The number of halogens is 5. The molecular weight excluding hydrogens is 410 g/mol. The van der Waals surface area contributed by atoms with Gasteiger partial charge in [0.25, 0.3) is 0 Å². The normalized spacial score (nSPS) is 16.0. The smallest absolute Gasteiger partial charge is 0.416 e. The van der Waals surface area contributed by atoms with Crippen molar-refractivity contribution < 1.29 is 27.1 Å². The Morgan fingerprint density at radius 2 is 1.72 bits per heavy atom. The molecule has 0 bridgehead atoms. The maximum atomic E-state index is 13.3. The molecule has 1 amide bonds. The van der Waals surface area contributed by atoms with Gasteiger partial charge in [-0.2, -0.15) is 13.2 Å². The van der Waals surface area contributed by atoms with Crippen molar-refractivity contribution in [2.45, 2.75) is 12.3 Å². The van der Waals surface area contributed by atoms with Gasteiger partial charge in [-0.3, -0.25) is 5.32 Å². The first-order valence-electron chi connectivity index (χ1n) is 8.47. The van der Waals surface area contributed by atoms with Crippen LogP contribution in [0.5, 0.6) is 0 Å². The molecule has 4 rings (SSSR count). The van der Waals surface area contributed by atoms with E-state index >= 15 is 0 Å². The molecule has 1 aliphatic rings. The highest BCUT2D eigenvalue weighted by atomic mass is 35.5. The van der Waals surface area contributed by atoms with Gasteiger partial charge in [0.05, 0.1) is 16.3 Å². The fourth-order valence-corrected chi connectivity index (χ4v) is 3.59. The Morgan fingerprint density at radius 3 is 2.41 bits per heavy atom. The van der Waals surface area contributed by atoms with Gasteiger partial charge in [-0.15, -0.1) is 0 Å². The van der Waals surface area contributed by atoms with Crippen molar-refractivity contribution in [2.75, 3.05) is 5.32 Å². The highest BCUT2D eigenvalue weighted by Gasteiger charge is 2.33. The molecule has 0 spiro atoms. The van der Waals surface area contributed by atoms with Crippen molar-refractivity contribution >= 4 is 23.4 Å². The number of benzene rings is 3. The number of fused-ring (bicyclic) bond motifs is 1. The van der Waals surface area contributed by atoms with Crippen LogP contribution in [0.15, 0.2) is 60.7 Å². The van der Waals surface area contributed by atoms with Crippen LogP contribution in [0, 0.1) is 5.82 Å². The van der Waals surface area contributed by atoms with Crippen molar-refractivity contribution in [1.29, 1.82) is 0 Å². The first-order valence-corrected chi connectivity index (χ1v) is 8.85. The molecule has 1 aliphatic heterocycles. The third-order valence-electron chi connectivity index (χ3n) is 4.58. The van der Waals surface area contributed by atoms with Gasteiger partial charge in [0.2, 0.25) is 0 Å². The number of nitrogens with one attached hydrogen (secondary N) is 1. The molecule has 3 aromatic carbocycles. The molecule has 1 atom stereocenters. The van der Waals surface area contributed by atoms with Gasteiger partial charge in [0.15, 0.2) is 6.10 Å². The molecule has 0 aromatic heterocycles. The number of hydrogen-bond donors (Lipinski definition) is 1. The second-order valence-electron chi connectivity index (χ2n) is 6.43. The number of alkyl halides is 3. The van der Waals surface area contributed by atoms with Crippen LogP contribution in [0.3, 0.4) is 0 Å². The van der Waals surface area contributed by atoms with Crippen LogP contribution in [-0.2, 0) is 10.9 Å². The number of cyclic esters (lactones) is 1. The number of carbonyl (C=O) groups is 1. The van der Waals surface area contributed by atoms with E-state index < -0.39 is 29.8 Å². The molecule has 29 heavy (non-hydrogen) atoms. The molecule has 0 aliphatic carbocycles. The largest absolute Gasteiger partial charge is 0.436 e. The van der Waals surface area contributed by atoms with Gasteiger partial charge in [-0.25, -0.2) is 9.18 Å². The Kier molecular flexibility index (Phi) is 4.70. The summed E-state index contributed by atoms with van der Waals surface area (Å²) in [6.07, 6.45) is -6.14. The summed E-state index contributed by atoms with van der Waals surface area (Å²) in [6.45, 7) is 0. The third-order valence-corrected chi connectivity index (χ3v) is 4.98. The lowest BCUT2D eigenvalue weighted by Crippen LogP contribution is -2.25. The van der Waals surface area contributed by atoms with E-state index in [4.69, 9.17) is 16.3 Å². The molecule has 0 fully saturated rings. The summed E-state index contributed by atoms with van der Waals surface area (Å²) < 4.78 is 57.9. The van der Waals surface area contributed by atoms with Gasteiger partial charge in [-0.05, 0) is 41.5 Å². The lowest BCUT2D eigenvalue weighted by Gasteiger charge is -2.28. The minimum absolute atomic E-state index is 0.135. The van der Waals surface area contributed by atoms with E-state index in [0.717, 1.165) is 12.1 Å². The summed E-state index contributed by atoms with van der Waals surface area (Å²) in [5, 5.41) is 2.66. The van der Waals surface area contributed by atoms with Crippen LogP contribution >= 0.6 is 11.6 Å². The summed E-state index contributed by atoms with van der Waals surface area (Å²) in [7, 11) is 0. The second kappa shape index (κ2) is 7.08. The summed E-state index contributed by atoms with van der Waals surface area (Å²) in [4.78, 5) is 11.9. The zero-order valence-corrected chi connectivity index (χ0v) is 15.3. The lowest BCUT2D eigenvalue weighted by atomic mass is 9.93. The number of amides is 1. The standard InChI is InChI=1S/C21H12ClF4NO2/c22-18-15(12-2-1-3-13(10-12)21(24,25)26)8-9-16-17(18)19(29-20(28)27-16)11-4-6-14(23)7-5-11/h1-10,19H,(H,27,28). The molecule has 148 valence electrons. The molecule has 3 aromatic rings. The average Bonchev–Trinajstić information content (AvgIpc) is 2.67. The number of hydrogen-bond acceptors (Lipinski definition) is 2.